The summed E-state index contributed by atoms with van der Waals surface area (Å²) in [5.41, 5.74) is 0.999. The number of thioether (sulfide) groups is 1. The average molecular weight is 306 g/mol. The molecule has 1 N–H and O–H groups in total. The Bertz CT molecular complexity index is 595. The van der Waals surface area contributed by atoms with E-state index >= 15 is 0 Å². The summed E-state index contributed by atoms with van der Waals surface area (Å²) in [6, 6.07) is 6.41. The third-order valence-corrected chi connectivity index (χ3v) is 3.56. The van der Waals surface area contributed by atoms with Gasteiger partial charge >= 0.3 is 5.97 Å². The maximum atomic E-state index is 11.8. The normalized spacial score (nSPS) is 13.8. The Labute approximate surface area is 126 Å². The summed E-state index contributed by atoms with van der Waals surface area (Å²) >= 11 is 1.28. The predicted octanol–water partition coefficient (Wildman–Crippen LogP) is 1.86. The van der Waals surface area contributed by atoms with E-state index in [1.54, 1.807) is 31.2 Å². The van der Waals surface area contributed by atoms with Gasteiger partial charge in [0.25, 0.3) is 5.91 Å². The summed E-state index contributed by atoms with van der Waals surface area (Å²) in [5, 5.41) is 3.21. The molecule has 0 bridgehead atoms. The molecule has 6 nitrogen and oxygen atoms in total. The van der Waals surface area contributed by atoms with Gasteiger partial charge in [-0.05, 0) is 31.2 Å². The van der Waals surface area contributed by atoms with Gasteiger partial charge in [0.2, 0.25) is 5.91 Å². The molecule has 7 heteroatoms. The average Bonchev–Trinajstić information content (AvgIpc) is 2.85. The number of nitrogens with zero attached hydrogens (tertiary/aromatic N) is 1. The van der Waals surface area contributed by atoms with Crippen molar-refractivity contribution >= 4 is 40.3 Å². The molecule has 21 heavy (non-hydrogen) atoms. The first kappa shape index (κ1) is 15.2. The Morgan fingerprint density at radius 2 is 2.05 bits per heavy atom. The van der Waals surface area contributed by atoms with Crippen LogP contribution < -0.4 is 5.32 Å². The monoisotopic (exact) mass is 306 g/mol. The fourth-order valence-corrected chi connectivity index (χ4v) is 2.44. The number of nitrogens with one attached hydrogen (secondary N) is 1. The van der Waals surface area contributed by atoms with Gasteiger partial charge in [-0.25, -0.2) is 9.79 Å². The number of esters is 1. The van der Waals surface area contributed by atoms with E-state index in [0.29, 0.717) is 28.7 Å². The number of benzene rings is 1. The summed E-state index contributed by atoms with van der Waals surface area (Å²) in [7, 11) is 0. The van der Waals surface area contributed by atoms with Crippen LogP contribution in [0.25, 0.3) is 0 Å². The minimum atomic E-state index is -0.398. The molecule has 0 saturated carbocycles. The van der Waals surface area contributed by atoms with Crippen LogP contribution in [0.15, 0.2) is 29.3 Å². The van der Waals surface area contributed by atoms with E-state index in [1.165, 1.54) is 11.8 Å². The molecule has 1 aliphatic rings. The van der Waals surface area contributed by atoms with Crippen molar-refractivity contribution in [3.05, 3.63) is 29.8 Å². The minimum Gasteiger partial charge on any atom is -0.462 e. The van der Waals surface area contributed by atoms with Crippen molar-refractivity contribution in [3.63, 3.8) is 0 Å². The highest BCUT2D eigenvalue weighted by Gasteiger charge is 2.17. The quantitative estimate of drug-likeness (QED) is 0.839. The Hall–Kier alpha value is -2.15. The van der Waals surface area contributed by atoms with Gasteiger partial charge in [-0.1, -0.05) is 0 Å². The van der Waals surface area contributed by atoms with E-state index in [1.807, 2.05) is 0 Å². The van der Waals surface area contributed by atoms with E-state index in [2.05, 4.69) is 10.3 Å². The van der Waals surface area contributed by atoms with Gasteiger partial charge in [0.1, 0.15) is 0 Å². The van der Waals surface area contributed by atoms with Gasteiger partial charge in [-0.15, -0.1) is 11.8 Å². The Morgan fingerprint density at radius 3 is 2.62 bits per heavy atom. The highest BCUT2D eigenvalue weighted by Crippen LogP contribution is 2.17. The standard InChI is InChI=1S/C14H14N2O4S/c1-2-20-14(19)9-3-5-10(6-4-9)15-11(17)7-13-16-12(18)8-21-13/h3-6H,2,7-8H2,1H3,(H,15,17). The van der Waals surface area contributed by atoms with Crippen molar-refractivity contribution in [1.29, 1.82) is 0 Å². The molecule has 0 saturated heterocycles. The minimum absolute atomic E-state index is 0.0794. The first-order valence-corrected chi connectivity index (χ1v) is 7.37. The number of aliphatic imine (C=N–C) groups is 1. The molecule has 0 radical (unpaired) electrons. The molecular formula is C14H14N2O4S. The summed E-state index contributed by atoms with van der Waals surface area (Å²) in [4.78, 5) is 38.0. The lowest BCUT2D eigenvalue weighted by Crippen LogP contribution is -2.14. The lowest BCUT2D eigenvalue weighted by molar-refractivity contribution is -0.115. The highest BCUT2D eigenvalue weighted by atomic mass is 32.2. The van der Waals surface area contributed by atoms with Gasteiger partial charge in [-0.2, -0.15) is 0 Å². The molecule has 110 valence electrons. The summed E-state index contributed by atoms with van der Waals surface area (Å²) < 4.78 is 4.87. The number of hydrogen-bond donors (Lipinski definition) is 1. The molecule has 0 spiro atoms. The van der Waals surface area contributed by atoms with Crippen LogP contribution in [-0.4, -0.2) is 35.2 Å². The molecule has 0 atom stereocenters. The van der Waals surface area contributed by atoms with Crippen molar-refractivity contribution in [3.8, 4) is 0 Å². The molecule has 0 unspecified atom stereocenters. The van der Waals surface area contributed by atoms with E-state index < -0.39 is 5.97 Å². The third kappa shape index (κ3) is 4.42. The van der Waals surface area contributed by atoms with E-state index in [4.69, 9.17) is 4.74 Å². The number of carbonyl (C=O) groups excluding carboxylic acids is 3. The Balaban J connectivity index is 1.91. The van der Waals surface area contributed by atoms with Gasteiger partial charge in [-0.3, -0.25) is 9.59 Å². The topological polar surface area (TPSA) is 84.8 Å². The second-order valence-electron chi connectivity index (χ2n) is 4.21. The van der Waals surface area contributed by atoms with E-state index in [-0.39, 0.29) is 18.2 Å². The molecule has 2 amide bonds. The number of amides is 2. The van der Waals surface area contributed by atoms with E-state index in [0.717, 1.165) is 0 Å². The molecular weight excluding hydrogens is 292 g/mol. The zero-order valence-electron chi connectivity index (χ0n) is 11.4. The van der Waals surface area contributed by atoms with Crippen LogP contribution in [0, 0.1) is 0 Å². The Morgan fingerprint density at radius 1 is 1.33 bits per heavy atom. The molecule has 1 heterocycles. The number of anilines is 1. The van der Waals surface area contributed by atoms with E-state index in [9.17, 15) is 14.4 Å². The van der Waals surface area contributed by atoms with Crippen molar-refractivity contribution in [2.75, 3.05) is 17.7 Å². The fourth-order valence-electron chi connectivity index (χ4n) is 1.69. The van der Waals surface area contributed by atoms with Crippen LogP contribution >= 0.6 is 11.8 Å². The molecule has 0 fully saturated rings. The van der Waals surface area contributed by atoms with Gasteiger partial charge in [0.15, 0.2) is 0 Å². The summed E-state index contributed by atoms with van der Waals surface area (Å²) in [6.07, 6.45) is 0.0794. The molecule has 1 aromatic rings. The fraction of sp³-hybridized carbons (Fsp3) is 0.286. The zero-order valence-corrected chi connectivity index (χ0v) is 12.2. The van der Waals surface area contributed by atoms with Crippen molar-refractivity contribution in [2.45, 2.75) is 13.3 Å². The highest BCUT2D eigenvalue weighted by molar-refractivity contribution is 8.15. The largest absolute Gasteiger partial charge is 0.462 e. The van der Waals surface area contributed by atoms with Crippen molar-refractivity contribution in [2.24, 2.45) is 4.99 Å². The first-order chi connectivity index (χ1) is 10.1. The lowest BCUT2D eigenvalue weighted by atomic mass is 10.2. The van der Waals surface area contributed by atoms with Crippen LogP contribution in [0.4, 0.5) is 5.69 Å². The second-order valence-corrected chi connectivity index (χ2v) is 5.26. The lowest BCUT2D eigenvalue weighted by Gasteiger charge is -2.06. The molecule has 1 aliphatic heterocycles. The van der Waals surface area contributed by atoms with Crippen LogP contribution in [0.2, 0.25) is 0 Å². The predicted molar refractivity (Wildman–Crippen MR) is 80.5 cm³/mol. The zero-order chi connectivity index (χ0) is 15.2. The number of rotatable bonds is 5. The van der Waals surface area contributed by atoms with Gasteiger partial charge in [0.05, 0.1) is 29.4 Å². The first-order valence-electron chi connectivity index (χ1n) is 6.38. The number of ether oxygens (including phenoxy) is 1. The van der Waals surface area contributed by atoms with Gasteiger partial charge < -0.3 is 10.1 Å². The maximum Gasteiger partial charge on any atom is 0.338 e. The third-order valence-electron chi connectivity index (χ3n) is 2.60. The van der Waals surface area contributed by atoms with Crippen LogP contribution in [0.5, 0.6) is 0 Å². The van der Waals surface area contributed by atoms with Crippen LogP contribution in [-0.2, 0) is 14.3 Å². The van der Waals surface area contributed by atoms with Crippen molar-refractivity contribution in [1.82, 2.24) is 0 Å². The summed E-state index contributed by atoms with van der Waals surface area (Å²) in [6.45, 7) is 2.05. The Kier molecular flexibility index (Phi) is 5.10. The number of hydrogen-bond acceptors (Lipinski definition) is 5. The molecule has 2 rings (SSSR count). The molecule has 0 aliphatic carbocycles. The van der Waals surface area contributed by atoms with Crippen LogP contribution in [0.3, 0.4) is 0 Å². The number of carbonyl (C=O) groups is 3. The van der Waals surface area contributed by atoms with Crippen molar-refractivity contribution < 1.29 is 19.1 Å². The summed E-state index contributed by atoms with van der Waals surface area (Å²) in [5.74, 6) is -0.552. The van der Waals surface area contributed by atoms with Gasteiger partial charge in [0, 0.05) is 5.69 Å². The smallest absolute Gasteiger partial charge is 0.338 e. The second kappa shape index (κ2) is 7.03. The maximum absolute atomic E-state index is 11.8. The molecule has 1 aromatic carbocycles. The SMILES string of the molecule is CCOC(=O)c1ccc(NC(=O)CC2=NC(=O)CS2)cc1. The van der Waals surface area contributed by atoms with Crippen LogP contribution in [0.1, 0.15) is 23.7 Å². The molecule has 0 aromatic heterocycles.